The molecule has 0 saturated carbocycles. The lowest BCUT2D eigenvalue weighted by molar-refractivity contribution is 0.0949. The molecule has 0 radical (unpaired) electrons. The Balaban J connectivity index is 1.65. The zero-order valence-electron chi connectivity index (χ0n) is 22.5. The third kappa shape index (κ3) is 4.82. The second-order valence-corrected chi connectivity index (χ2v) is 11.0. The van der Waals surface area contributed by atoms with Crippen LogP contribution in [0.3, 0.4) is 0 Å². The number of sulfonamides is 1. The maximum absolute atomic E-state index is 13.7. The number of nitrogens with zero attached hydrogens (tertiary/aromatic N) is 6. The Morgan fingerprint density at radius 1 is 0.950 bits per heavy atom. The fourth-order valence-corrected chi connectivity index (χ4v) is 5.47. The lowest BCUT2D eigenvalue weighted by atomic mass is 10.2. The molecule has 2 atom stereocenters. The van der Waals surface area contributed by atoms with Crippen LogP contribution in [0.25, 0.3) is 28.1 Å². The Labute approximate surface area is 230 Å². The van der Waals surface area contributed by atoms with Gasteiger partial charge in [0, 0.05) is 24.9 Å². The second-order valence-electron chi connectivity index (χ2n) is 8.94. The number of anilines is 1. The zero-order valence-corrected chi connectivity index (χ0v) is 23.3. The van der Waals surface area contributed by atoms with Gasteiger partial charge in [-0.15, -0.1) is 10.2 Å². The molecule has 13 nitrogen and oxygen atoms in total. The third-order valence-corrected chi connectivity index (χ3v) is 8.12. The number of aromatic nitrogens is 7. The number of aromatic amines is 1. The smallest absolute Gasteiger partial charge is 0.243 e. The number of hydrogen-bond donors (Lipinski definition) is 2. The van der Waals surface area contributed by atoms with Crippen LogP contribution >= 0.6 is 0 Å². The normalized spacial score (nSPS) is 13.2. The molecule has 0 aliphatic carbocycles. The topological polar surface area (TPSA) is 159 Å². The highest BCUT2D eigenvalue weighted by Gasteiger charge is 2.35. The first-order valence-electron chi connectivity index (χ1n) is 12.2. The van der Waals surface area contributed by atoms with Gasteiger partial charge in [-0.25, -0.2) is 18.4 Å². The second kappa shape index (κ2) is 10.9. The molecule has 2 N–H and O–H groups in total. The van der Waals surface area contributed by atoms with Crippen molar-refractivity contribution < 1.29 is 22.6 Å². The van der Waals surface area contributed by atoms with Crippen molar-refractivity contribution in [2.45, 2.75) is 25.2 Å². The van der Waals surface area contributed by atoms with Gasteiger partial charge in [0.1, 0.15) is 34.2 Å². The Morgan fingerprint density at radius 2 is 1.62 bits per heavy atom. The number of rotatable bonds is 10. The Morgan fingerprint density at radius 3 is 2.27 bits per heavy atom. The van der Waals surface area contributed by atoms with E-state index in [0.29, 0.717) is 22.9 Å². The average molecular weight is 565 g/mol. The van der Waals surface area contributed by atoms with Gasteiger partial charge in [-0.1, -0.05) is 24.3 Å². The molecule has 208 valence electrons. The molecule has 14 heteroatoms. The minimum Gasteiger partial charge on any atom is -0.494 e. The molecule has 3 aromatic heterocycles. The first kappa shape index (κ1) is 27.0. The van der Waals surface area contributed by atoms with E-state index in [1.807, 2.05) is 31.2 Å². The van der Waals surface area contributed by atoms with Crippen molar-refractivity contribution >= 4 is 26.9 Å². The summed E-state index contributed by atoms with van der Waals surface area (Å²) in [6, 6.07) is 12.7. The molecule has 0 saturated heterocycles. The van der Waals surface area contributed by atoms with Crippen LogP contribution < -0.4 is 14.2 Å². The van der Waals surface area contributed by atoms with E-state index in [0.717, 1.165) is 16.5 Å². The van der Waals surface area contributed by atoms with Crippen molar-refractivity contribution in [3.8, 4) is 28.7 Å². The molecule has 0 bridgehead atoms. The SMILES string of the molecule is COc1cccc(OC)c1-n1c(NS(=O)(=O)[C@@H](C)[C@H](OC)c2ncc(C)cn2)nnc1-c1n[nH]c2ccccc12. The highest BCUT2D eigenvalue weighted by Crippen LogP contribution is 2.39. The quantitative estimate of drug-likeness (QED) is 0.257. The van der Waals surface area contributed by atoms with Gasteiger partial charge in [0.2, 0.25) is 16.0 Å². The summed E-state index contributed by atoms with van der Waals surface area (Å²) in [6.07, 6.45) is 2.25. The molecular weight excluding hydrogens is 536 g/mol. The van der Waals surface area contributed by atoms with Crippen LogP contribution in [-0.2, 0) is 14.8 Å². The van der Waals surface area contributed by atoms with E-state index in [9.17, 15) is 8.42 Å². The number of methoxy groups -OCH3 is 3. The van der Waals surface area contributed by atoms with Crippen molar-refractivity contribution in [2.24, 2.45) is 0 Å². The summed E-state index contributed by atoms with van der Waals surface area (Å²) in [5, 5.41) is 15.7. The average Bonchev–Trinajstić information content (AvgIpc) is 3.57. The monoisotopic (exact) mass is 564 g/mol. The minimum absolute atomic E-state index is 0.101. The molecule has 0 aliphatic heterocycles. The van der Waals surface area contributed by atoms with E-state index in [1.165, 1.54) is 32.8 Å². The largest absolute Gasteiger partial charge is 0.494 e. The molecule has 0 aliphatic rings. The lowest BCUT2D eigenvalue weighted by Crippen LogP contribution is -2.33. The van der Waals surface area contributed by atoms with E-state index in [4.69, 9.17) is 14.2 Å². The number of hydrogen-bond acceptors (Lipinski definition) is 10. The Bertz CT molecular complexity index is 1730. The van der Waals surface area contributed by atoms with Crippen LogP contribution in [0.15, 0.2) is 54.9 Å². The predicted octanol–water partition coefficient (Wildman–Crippen LogP) is 3.44. The third-order valence-electron chi connectivity index (χ3n) is 6.43. The molecule has 0 fully saturated rings. The van der Waals surface area contributed by atoms with Crippen LogP contribution in [-0.4, -0.2) is 69.9 Å². The first-order chi connectivity index (χ1) is 19.3. The maximum Gasteiger partial charge on any atom is 0.243 e. The summed E-state index contributed by atoms with van der Waals surface area (Å²) < 4.78 is 48.3. The van der Waals surface area contributed by atoms with Crippen molar-refractivity contribution in [3.05, 3.63) is 66.2 Å². The number of fused-ring (bicyclic) bond motifs is 1. The van der Waals surface area contributed by atoms with Crippen molar-refractivity contribution in [1.29, 1.82) is 0 Å². The van der Waals surface area contributed by atoms with Crippen LogP contribution in [0, 0.1) is 6.92 Å². The van der Waals surface area contributed by atoms with E-state index in [-0.39, 0.29) is 17.6 Å². The van der Waals surface area contributed by atoms with Gasteiger partial charge in [-0.3, -0.25) is 14.4 Å². The fraction of sp³-hybridized carbons (Fsp3) is 0.269. The van der Waals surface area contributed by atoms with Gasteiger partial charge in [-0.2, -0.15) is 5.10 Å². The van der Waals surface area contributed by atoms with E-state index in [1.54, 1.807) is 30.6 Å². The van der Waals surface area contributed by atoms with Gasteiger partial charge < -0.3 is 14.2 Å². The van der Waals surface area contributed by atoms with Gasteiger partial charge in [-0.05, 0) is 37.6 Å². The summed E-state index contributed by atoms with van der Waals surface area (Å²) in [5.74, 6) is 1.20. The van der Waals surface area contributed by atoms with Crippen LogP contribution in [0.4, 0.5) is 5.95 Å². The number of H-pyrrole nitrogens is 1. The van der Waals surface area contributed by atoms with Gasteiger partial charge in [0.15, 0.2) is 11.6 Å². The minimum atomic E-state index is -4.14. The standard InChI is InChI=1S/C26H28N8O5S/c1-15-13-27-24(28-14-15)23(39-5)16(2)40(35,36)33-26-32-31-25(21-17-9-6-7-10-18(17)29-30-21)34(26)22-19(37-3)11-8-12-20(22)38-4/h6-14,16,23H,1-5H3,(H,29,30)(H,32,33)/t16-,23-/m0/s1. The van der Waals surface area contributed by atoms with Crippen molar-refractivity contribution in [1.82, 2.24) is 34.9 Å². The van der Waals surface area contributed by atoms with Crippen molar-refractivity contribution in [2.75, 3.05) is 26.1 Å². The van der Waals surface area contributed by atoms with E-state index >= 15 is 0 Å². The van der Waals surface area contributed by atoms with Crippen LogP contribution in [0.1, 0.15) is 24.4 Å². The summed E-state index contributed by atoms with van der Waals surface area (Å²) >= 11 is 0. The van der Waals surface area contributed by atoms with Gasteiger partial charge >= 0.3 is 0 Å². The molecule has 5 aromatic rings. The van der Waals surface area contributed by atoms with Crippen LogP contribution in [0.5, 0.6) is 11.5 Å². The molecule has 2 aromatic carbocycles. The summed E-state index contributed by atoms with van der Waals surface area (Å²) in [4.78, 5) is 8.52. The molecule has 0 unspecified atom stereocenters. The Hall–Kier alpha value is -4.56. The summed E-state index contributed by atoms with van der Waals surface area (Å²) in [6.45, 7) is 3.35. The van der Waals surface area contributed by atoms with Crippen molar-refractivity contribution in [3.63, 3.8) is 0 Å². The zero-order chi connectivity index (χ0) is 28.4. The molecule has 5 rings (SSSR count). The predicted molar refractivity (Wildman–Crippen MR) is 148 cm³/mol. The van der Waals surface area contributed by atoms with Crippen LogP contribution in [0.2, 0.25) is 0 Å². The van der Waals surface area contributed by atoms with Gasteiger partial charge in [0.05, 0.1) is 19.7 Å². The molecule has 3 heterocycles. The summed E-state index contributed by atoms with van der Waals surface area (Å²) in [5.41, 5.74) is 2.45. The van der Waals surface area contributed by atoms with E-state index < -0.39 is 21.4 Å². The van der Waals surface area contributed by atoms with E-state index in [2.05, 4.69) is 35.1 Å². The number of nitrogens with one attached hydrogen (secondary N) is 2. The number of ether oxygens (including phenoxy) is 3. The number of aryl methyl sites for hydroxylation is 1. The fourth-order valence-electron chi connectivity index (χ4n) is 4.34. The molecule has 0 spiro atoms. The Kier molecular flexibility index (Phi) is 7.36. The molecule has 0 amide bonds. The lowest BCUT2D eigenvalue weighted by Gasteiger charge is -2.22. The highest BCUT2D eigenvalue weighted by atomic mass is 32.2. The summed E-state index contributed by atoms with van der Waals surface area (Å²) in [7, 11) is 0.273. The highest BCUT2D eigenvalue weighted by molar-refractivity contribution is 7.93. The number of para-hydroxylation sites is 2. The first-order valence-corrected chi connectivity index (χ1v) is 13.8. The molecule has 40 heavy (non-hydrogen) atoms. The number of benzene rings is 2. The van der Waals surface area contributed by atoms with Gasteiger partial charge in [0.25, 0.3) is 0 Å². The molecular formula is C26H28N8O5S. The maximum atomic E-state index is 13.7.